The van der Waals surface area contributed by atoms with Crippen LogP contribution in [-0.2, 0) is 11.3 Å². The van der Waals surface area contributed by atoms with Crippen molar-refractivity contribution in [3.05, 3.63) is 66.1 Å². The molecule has 1 aromatic carbocycles. The summed E-state index contributed by atoms with van der Waals surface area (Å²) in [6.45, 7) is 3.98. The van der Waals surface area contributed by atoms with E-state index in [1.807, 2.05) is 21.9 Å². The van der Waals surface area contributed by atoms with Crippen molar-refractivity contribution in [2.45, 2.75) is 19.1 Å². The highest BCUT2D eigenvalue weighted by molar-refractivity contribution is 5.78. The van der Waals surface area contributed by atoms with E-state index in [4.69, 9.17) is 4.74 Å². The van der Waals surface area contributed by atoms with Crippen LogP contribution in [0.5, 0.6) is 0 Å². The molecule has 0 saturated carbocycles. The lowest BCUT2D eigenvalue weighted by Gasteiger charge is -2.27. The lowest BCUT2D eigenvalue weighted by Crippen LogP contribution is -2.36. The summed E-state index contributed by atoms with van der Waals surface area (Å²) < 4.78 is 37.0. The second-order valence-corrected chi connectivity index (χ2v) is 9.35. The minimum Gasteiger partial charge on any atom is -0.391 e. The topological polar surface area (TPSA) is 91.6 Å². The second kappa shape index (κ2) is 10.0. The van der Waals surface area contributed by atoms with Gasteiger partial charge in [0.15, 0.2) is 0 Å². The average molecular weight is 508 g/mol. The van der Waals surface area contributed by atoms with Crippen molar-refractivity contribution in [3.63, 3.8) is 0 Å². The van der Waals surface area contributed by atoms with Crippen LogP contribution in [0.1, 0.15) is 12.0 Å². The number of morpholine rings is 1. The zero-order valence-corrected chi connectivity index (χ0v) is 20.1. The van der Waals surface area contributed by atoms with Crippen LogP contribution in [-0.4, -0.2) is 75.0 Å². The summed E-state index contributed by atoms with van der Waals surface area (Å²) in [4.78, 5) is 17.5. The van der Waals surface area contributed by atoms with Crippen molar-refractivity contribution >= 4 is 28.5 Å². The predicted octanol–water partition coefficient (Wildman–Crippen LogP) is 3.24. The summed E-state index contributed by atoms with van der Waals surface area (Å²) in [5, 5.41) is 13.6. The molecule has 6 rings (SSSR count). The first-order valence-electron chi connectivity index (χ1n) is 12.3. The molecule has 2 aliphatic heterocycles. The van der Waals surface area contributed by atoms with Crippen molar-refractivity contribution in [1.29, 1.82) is 0 Å². The fourth-order valence-electron chi connectivity index (χ4n) is 4.78. The van der Waals surface area contributed by atoms with Crippen LogP contribution in [0.25, 0.3) is 16.7 Å². The SMILES string of the molecule is OC1CCN(c2ccc(Nc3ncc4ccn(-c5cc(F)c(CN6CCOCC6)c(F)c5)c4n3)cn2)C1. The Kier molecular flexibility index (Phi) is 6.41. The number of rotatable bonds is 6. The molecular formula is C26H27F2N7O2. The smallest absolute Gasteiger partial charge is 0.229 e. The number of aliphatic hydroxyl groups is 1. The number of hydrogen-bond donors (Lipinski definition) is 2. The van der Waals surface area contributed by atoms with E-state index in [-0.39, 0.29) is 18.2 Å². The zero-order valence-electron chi connectivity index (χ0n) is 20.1. The first-order chi connectivity index (χ1) is 18.0. The predicted molar refractivity (Wildman–Crippen MR) is 135 cm³/mol. The average Bonchev–Trinajstić information content (AvgIpc) is 3.53. The number of ether oxygens (including phenoxy) is 1. The number of pyridine rings is 1. The van der Waals surface area contributed by atoms with Gasteiger partial charge < -0.3 is 24.6 Å². The number of benzene rings is 1. The molecule has 0 bridgehead atoms. The van der Waals surface area contributed by atoms with Gasteiger partial charge in [-0.15, -0.1) is 0 Å². The highest BCUT2D eigenvalue weighted by atomic mass is 19.1. The Bertz CT molecular complexity index is 1380. The number of β-amino-alcohol motifs (C(OH)–C–C–N with tert-alkyl or cyclic N) is 1. The number of aromatic nitrogens is 4. The van der Waals surface area contributed by atoms with Gasteiger partial charge >= 0.3 is 0 Å². The first kappa shape index (κ1) is 23.7. The molecule has 3 aromatic heterocycles. The molecule has 9 nitrogen and oxygen atoms in total. The van der Waals surface area contributed by atoms with Gasteiger partial charge in [-0.2, -0.15) is 4.98 Å². The van der Waals surface area contributed by atoms with Gasteiger partial charge in [0.25, 0.3) is 0 Å². The van der Waals surface area contributed by atoms with E-state index in [1.54, 1.807) is 29.2 Å². The van der Waals surface area contributed by atoms with Gasteiger partial charge in [-0.3, -0.25) is 4.90 Å². The standard InChI is InChI=1S/C26H27F2N7O2/c27-22-11-19(12-23(28)21(22)16-33-7-9-37-10-8-33)35-6-3-17-13-30-26(32-25(17)35)31-18-1-2-24(29-14-18)34-5-4-20(36)15-34/h1-3,6,11-14,20,36H,4-5,7-10,15-16H2,(H,30,31,32). The Morgan fingerprint density at radius 2 is 1.84 bits per heavy atom. The summed E-state index contributed by atoms with van der Waals surface area (Å²) in [7, 11) is 0. The Morgan fingerprint density at radius 1 is 1.03 bits per heavy atom. The van der Waals surface area contributed by atoms with Gasteiger partial charge in [0.05, 0.1) is 36.9 Å². The quantitative estimate of drug-likeness (QED) is 0.411. The highest BCUT2D eigenvalue weighted by Crippen LogP contribution is 2.26. The molecule has 4 aromatic rings. The van der Waals surface area contributed by atoms with Gasteiger partial charge in [-0.05, 0) is 36.8 Å². The molecule has 1 unspecified atom stereocenters. The summed E-state index contributed by atoms with van der Waals surface area (Å²) in [5.41, 5.74) is 1.62. The minimum atomic E-state index is -0.590. The number of aliphatic hydroxyl groups excluding tert-OH is 1. The summed E-state index contributed by atoms with van der Waals surface area (Å²) >= 11 is 0. The van der Waals surface area contributed by atoms with E-state index in [0.29, 0.717) is 55.8 Å². The fourth-order valence-corrected chi connectivity index (χ4v) is 4.78. The number of fused-ring (bicyclic) bond motifs is 1. The fraction of sp³-hybridized carbons (Fsp3) is 0.346. The van der Waals surface area contributed by atoms with Crippen LogP contribution in [0.4, 0.5) is 26.2 Å². The van der Waals surface area contributed by atoms with Crippen LogP contribution in [0.15, 0.2) is 48.9 Å². The van der Waals surface area contributed by atoms with Gasteiger partial charge in [-0.1, -0.05) is 0 Å². The third-order valence-electron chi connectivity index (χ3n) is 6.81. The van der Waals surface area contributed by atoms with Crippen LogP contribution in [0.2, 0.25) is 0 Å². The maximum absolute atomic E-state index is 15.0. The lowest BCUT2D eigenvalue weighted by atomic mass is 10.1. The van der Waals surface area contributed by atoms with Gasteiger partial charge in [0, 0.05) is 56.1 Å². The Morgan fingerprint density at radius 3 is 2.54 bits per heavy atom. The number of anilines is 3. The molecule has 2 saturated heterocycles. The van der Waals surface area contributed by atoms with E-state index in [9.17, 15) is 5.11 Å². The molecule has 2 fully saturated rings. The maximum atomic E-state index is 15.0. The van der Waals surface area contributed by atoms with Gasteiger partial charge in [0.2, 0.25) is 5.95 Å². The molecule has 11 heteroatoms. The largest absolute Gasteiger partial charge is 0.391 e. The van der Waals surface area contributed by atoms with Crippen molar-refractivity contribution in [3.8, 4) is 5.69 Å². The van der Waals surface area contributed by atoms with E-state index >= 15 is 8.78 Å². The number of nitrogens with one attached hydrogen (secondary N) is 1. The van der Waals surface area contributed by atoms with Crippen molar-refractivity contribution in [1.82, 2.24) is 24.4 Å². The highest BCUT2D eigenvalue weighted by Gasteiger charge is 2.21. The molecule has 2 N–H and O–H groups in total. The normalized spacial score (nSPS) is 18.6. The third-order valence-corrected chi connectivity index (χ3v) is 6.81. The first-order valence-corrected chi connectivity index (χ1v) is 12.3. The van der Waals surface area contributed by atoms with Gasteiger partial charge in [0.1, 0.15) is 23.1 Å². The van der Waals surface area contributed by atoms with Gasteiger partial charge in [-0.25, -0.2) is 18.7 Å². The third kappa shape index (κ3) is 4.97. The Balaban J connectivity index is 1.23. The summed E-state index contributed by atoms with van der Waals surface area (Å²) in [5.74, 6) is -0.0446. The molecule has 2 aliphatic rings. The monoisotopic (exact) mass is 507 g/mol. The van der Waals surface area contributed by atoms with Crippen molar-refractivity contribution < 1.29 is 18.6 Å². The van der Waals surface area contributed by atoms with Crippen LogP contribution in [0, 0.1) is 11.6 Å². The van der Waals surface area contributed by atoms with E-state index < -0.39 is 11.6 Å². The zero-order chi connectivity index (χ0) is 25.4. The van der Waals surface area contributed by atoms with E-state index in [0.717, 1.165) is 24.2 Å². The second-order valence-electron chi connectivity index (χ2n) is 9.35. The molecule has 0 amide bonds. The van der Waals surface area contributed by atoms with Crippen LogP contribution >= 0.6 is 0 Å². The van der Waals surface area contributed by atoms with E-state index in [2.05, 4.69) is 20.3 Å². The molecule has 5 heterocycles. The minimum absolute atomic E-state index is 0.0541. The number of nitrogens with zero attached hydrogens (tertiary/aromatic N) is 6. The van der Waals surface area contributed by atoms with Crippen LogP contribution in [0.3, 0.4) is 0 Å². The number of hydrogen-bond acceptors (Lipinski definition) is 8. The molecule has 0 spiro atoms. The maximum Gasteiger partial charge on any atom is 0.229 e. The molecule has 37 heavy (non-hydrogen) atoms. The molecule has 0 aliphatic carbocycles. The summed E-state index contributed by atoms with van der Waals surface area (Å²) in [6, 6.07) is 8.23. The molecule has 0 radical (unpaired) electrons. The van der Waals surface area contributed by atoms with Crippen LogP contribution < -0.4 is 10.2 Å². The van der Waals surface area contributed by atoms with Crippen molar-refractivity contribution in [2.24, 2.45) is 0 Å². The van der Waals surface area contributed by atoms with E-state index in [1.165, 1.54) is 12.1 Å². The Labute approximate surface area is 212 Å². The number of halogens is 2. The molecule has 192 valence electrons. The lowest BCUT2D eigenvalue weighted by molar-refractivity contribution is 0.0332. The molecule has 1 atom stereocenters. The summed E-state index contributed by atoms with van der Waals surface area (Å²) in [6.07, 6.45) is 5.48. The van der Waals surface area contributed by atoms with Crippen molar-refractivity contribution in [2.75, 3.05) is 49.6 Å². The molecular weight excluding hydrogens is 480 g/mol. The Hall–Kier alpha value is -3.67.